The molecule has 3 heterocycles. The van der Waals surface area contributed by atoms with Crippen LogP contribution >= 0.6 is 11.3 Å². The maximum Gasteiger partial charge on any atom is 0.101 e. The van der Waals surface area contributed by atoms with Crippen LogP contribution in [0.2, 0.25) is 0 Å². The molecule has 0 saturated carbocycles. The van der Waals surface area contributed by atoms with Crippen LogP contribution in [0.25, 0.3) is 32.4 Å². The van der Waals surface area contributed by atoms with Gasteiger partial charge in [0, 0.05) is 13.1 Å². The van der Waals surface area contributed by atoms with Gasteiger partial charge < -0.3 is 9.64 Å². The van der Waals surface area contributed by atoms with E-state index >= 15 is 0 Å². The van der Waals surface area contributed by atoms with Gasteiger partial charge in [-0.3, -0.25) is 4.98 Å². The van der Waals surface area contributed by atoms with Gasteiger partial charge >= 0.3 is 0 Å². The maximum absolute atomic E-state index is 5.48. The molecule has 0 unspecified atom stereocenters. The van der Waals surface area contributed by atoms with Gasteiger partial charge in [0.1, 0.15) is 5.69 Å². The summed E-state index contributed by atoms with van der Waals surface area (Å²) < 4.78 is 5.48. The Morgan fingerprint density at radius 1 is 0.960 bits per heavy atom. The van der Waals surface area contributed by atoms with Crippen LogP contribution < -0.4 is 4.90 Å². The number of fused-ring (bicyclic) bond motifs is 2. The Balaban J connectivity index is 1.61. The molecule has 5 heteroatoms. The van der Waals surface area contributed by atoms with Crippen LogP contribution in [0.1, 0.15) is 0 Å². The van der Waals surface area contributed by atoms with Gasteiger partial charge in [0.15, 0.2) is 0 Å². The Morgan fingerprint density at radius 3 is 2.52 bits per heavy atom. The molecule has 0 bridgehead atoms. The number of nitrogens with zero attached hydrogens (tertiary/aromatic N) is 3. The predicted molar refractivity (Wildman–Crippen MR) is 103 cm³/mol. The summed E-state index contributed by atoms with van der Waals surface area (Å²) in [4.78, 5) is 13.1. The van der Waals surface area contributed by atoms with Gasteiger partial charge in [0.25, 0.3) is 0 Å². The first kappa shape index (κ1) is 14.8. The van der Waals surface area contributed by atoms with Gasteiger partial charge in [-0.05, 0) is 34.4 Å². The lowest BCUT2D eigenvalue weighted by molar-refractivity contribution is 0.123. The van der Waals surface area contributed by atoms with Gasteiger partial charge in [-0.15, -0.1) is 11.3 Å². The molecule has 1 fully saturated rings. The summed E-state index contributed by atoms with van der Waals surface area (Å²) in [5.41, 5.74) is 4.06. The largest absolute Gasteiger partial charge is 0.378 e. The number of hydrogen-bond donors (Lipinski definition) is 0. The van der Waals surface area contributed by atoms with E-state index in [1.807, 2.05) is 6.20 Å². The summed E-state index contributed by atoms with van der Waals surface area (Å²) in [6.07, 6.45) is 1.90. The van der Waals surface area contributed by atoms with Crippen LogP contribution in [0.15, 0.2) is 54.0 Å². The van der Waals surface area contributed by atoms with Crippen molar-refractivity contribution < 1.29 is 4.74 Å². The molecule has 4 nitrogen and oxygen atoms in total. The zero-order valence-corrected chi connectivity index (χ0v) is 14.5. The Hall–Kier alpha value is -2.50. The van der Waals surface area contributed by atoms with Gasteiger partial charge in [-0.25, -0.2) is 4.98 Å². The van der Waals surface area contributed by atoms with Crippen LogP contribution in [0, 0.1) is 0 Å². The minimum atomic E-state index is 0.782. The summed E-state index contributed by atoms with van der Waals surface area (Å²) >= 11 is 1.72. The summed E-state index contributed by atoms with van der Waals surface area (Å²) in [5.74, 6) is 0. The number of thiophene rings is 1. The van der Waals surface area contributed by atoms with Crippen molar-refractivity contribution >= 4 is 38.8 Å². The van der Waals surface area contributed by atoms with Gasteiger partial charge in [0.2, 0.25) is 0 Å². The third kappa shape index (κ3) is 2.65. The second kappa shape index (κ2) is 6.10. The molecule has 1 aliphatic heterocycles. The number of hydrogen-bond acceptors (Lipinski definition) is 5. The van der Waals surface area contributed by atoms with Gasteiger partial charge in [0.05, 0.1) is 41.0 Å². The van der Waals surface area contributed by atoms with E-state index in [-0.39, 0.29) is 0 Å². The van der Waals surface area contributed by atoms with Crippen molar-refractivity contribution in [2.24, 2.45) is 0 Å². The molecule has 1 saturated heterocycles. The van der Waals surface area contributed by atoms with Gasteiger partial charge in [-0.2, -0.15) is 0 Å². The molecular formula is C20H17N3OS. The average molecular weight is 347 g/mol. The molecule has 2 aromatic heterocycles. The summed E-state index contributed by atoms with van der Waals surface area (Å²) in [7, 11) is 0. The first-order valence-corrected chi connectivity index (χ1v) is 9.32. The molecule has 25 heavy (non-hydrogen) atoms. The minimum Gasteiger partial charge on any atom is -0.378 e. The molecule has 5 rings (SSSR count). The molecule has 0 aliphatic carbocycles. The standard InChI is InChI=1S/C20H17N3OS/c1-2-4-15-12-17-16(11-14(15)3-1)21-13-18(22-17)20-19(5-10-25-20)23-6-8-24-9-7-23/h1-5,10-13H,6-9H2. The third-order valence-corrected chi connectivity index (χ3v) is 5.56. The van der Waals surface area contributed by atoms with Crippen molar-refractivity contribution in [1.29, 1.82) is 0 Å². The molecule has 0 radical (unpaired) electrons. The van der Waals surface area contributed by atoms with Gasteiger partial charge in [-0.1, -0.05) is 24.3 Å². The quantitative estimate of drug-likeness (QED) is 0.505. The lowest BCUT2D eigenvalue weighted by Gasteiger charge is -2.28. The fourth-order valence-electron chi connectivity index (χ4n) is 3.36. The van der Waals surface area contributed by atoms with Crippen LogP contribution in [0.4, 0.5) is 5.69 Å². The number of anilines is 1. The Morgan fingerprint density at radius 2 is 1.72 bits per heavy atom. The molecule has 1 aliphatic rings. The van der Waals surface area contributed by atoms with E-state index in [2.05, 4.69) is 57.7 Å². The second-order valence-corrected chi connectivity index (χ2v) is 7.09. The number of morpholine rings is 1. The van der Waals surface area contributed by atoms with E-state index in [0.717, 1.165) is 43.0 Å². The third-order valence-electron chi connectivity index (χ3n) is 4.64. The van der Waals surface area contributed by atoms with E-state index in [9.17, 15) is 0 Å². The molecule has 124 valence electrons. The molecule has 0 amide bonds. The van der Waals surface area contributed by atoms with E-state index in [0.29, 0.717) is 0 Å². The number of ether oxygens (including phenoxy) is 1. The Kier molecular flexibility index (Phi) is 3.61. The fourth-order valence-corrected chi connectivity index (χ4v) is 4.23. The van der Waals surface area contributed by atoms with Crippen LogP contribution in [-0.4, -0.2) is 36.3 Å². The lowest BCUT2D eigenvalue weighted by Crippen LogP contribution is -2.36. The number of benzene rings is 2. The highest BCUT2D eigenvalue weighted by Gasteiger charge is 2.18. The average Bonchev–Trinajstić information content (AvgIpc) is 3.16. The Bertz CT molecular complexity index is 1050. The van der Waals surface area contributed by atoms with E-state index < -0.39 is 0 Å². The highest BCUT2D eigenvalue weighted by Crippen LogP contribution is 2.36. The monoisotopic (exact) mass is 347 g/mol. The highest BCUT2D eigenvalue weighted by molar-refractivity contribution is 7.14. The molecular weight excluding hydrogens is 330 g/mol. The zero-order valence-electron chi connectivity index (χ0n) is 13.7. The lowest BCUT2D eigenvalue weighted by atomic mass is 10.1. The first-order valence-electron chi connectivity index (χ1n) is 8.44. The van der Waals surface area contributed by atoms with Crippen molar-refractivity contribution in [3.8, 4) is 10.6 Å². The molecule has 2 aromatic carbocycles. The van der Waals surface area contributed by atoms with Crippen molar-refractivity contribution in [2.75, 3.05) is 31.2 Å². The SMILES string of the molecule is c1ccc2cc3nc(-c4sccc4N4CCOCC4)cnc3cc2c1. The summed E-state index contributed by atoms with van der Waals surface area (Å²) in [5, 5.41) is 4.52. The van der Waals surface area contributed by atoms with E-state index in [1.54, 1.807) is 11.3 Å². The smallest absolute Gasteiger partial charge is 0.101 e. The summed E-state index contributed by atoms with van der Waals surface area (Å²) in [6, 6.07) is 14.8. The number of aromatic nitrogens is 2. The van der Waals surface area contributed by atoms with Crippen LogP contribution in [0.5, 0.6) is 0 Å². The molecule has 4 aromatic rings. The van der Waals surface area contributed by atoms with Crippen molar-refractivity contribution in [3.05, 3.63) is 54.0 Å². The first-order chi connectivity index (χ1) is 12.4. The van der Waals surface area contributed by atoms with Crippen molar-refractivity contribution in [3.63, 3.8) is 0 Å². The zero-order chi connectivity index (χ0) is 16.6. The molecule has 0 spiro atoms. The van der Waals surface area contributed by atoms with E-state index in [1.165, 1.54) is 21.3 Å². The van der Waals surface area contributed by atoms with E-state index in [4.69, 9.17) is 9.72 Å². The Labute approximate surface area is 149 Å². The normalized spacial score (nSPS) is 15.1. The predicted octanol–water partition coefficient (Wildman–Crippen LogP) is 4.35. The minimum absolute atomic E-state index is 0.782. The molecule has 0 N–H and O–H groups in total. The van der Waals surface area contributed by atoms with Crippen LogP contribution in [-0.2, 0) is 4.74 Å². The van der Waals surface area contributed by atoms with Crippen molar-refractivity contribution in [2.45, 2.75) is 0 Å². The highest BCUT2D eigenvalue weighted by atomic mass is 32.1. The van der Waals surface area contributed by atoms with Crippen LogP contribution in [0.3, 0.4) is 0 Å². The topological polar surface area (TPSA) is 38.2 Å². The summed E-state index contributed by atoms with van der Waals surface area (Å²) in [6.45, 7) is 3.42. The van der Waals surface area contributed by atoms with Crippen molar-refractivity contribution in [1.82, 2.24) is 9.97 Å². The molecule has 0 atom stereocenters. The fraction of sp³-hybridized carbons (Fsp3) is 0.200. The second-order valence-electron chi connectivity index (χ2n) is 6.18. The maximum atomic E-state index is 5.48. The number of rotatable bonds is 2.